The van der Waals surface area contributed by atoms with Crippen LogP contribution in [0.5, 0.6) is 0 Å². The van der Waals surface area contributed by atoms with Crippen LogP contribution in [0.25, 0.3) is 11.0 Å². The van der Waals surface area contributed by atoms with Crippen molar-refractivity contribution in [3.63, 3.8) is 0 Å². The van der Waals surface area contributed by atoms with Crippen LogP contribution < -0.4 is 0 Å². The minimum Gasteiger partial charge on any atom is -0.341 e. The number of aryl methyl sites for hydroxylation is 2. The summed E-state index contributed by atoms with van der Waals surface area (Å²) in [5, 5.41) is 17.6. The van der Waals surface area contributed by atoms with Gasteiger partial charge in [-0.3, -0.25) is 4.79 Å². The van der Waals surface area contributed by atoms with Crippen LogP contribution in [-0.4, -0.2) is 59.3 Å². The first-order valence-electron chi connectivity index (χ1n) is 10.3. The Hall–Kier alpha value is -2.95. The highest BCUT2D eigenvalue weighted by atomic mass is 32.2. The maximum absolute atomic E-state index is 12.8. The lowest BCUT2D eigenvalue weighted by Gasteiger charge is -2.20. The zero-order valence-corrected chi connectivity index (χ0v) is 19.0. The molecule has 0 saturated carbocycles. The van der Waals surface area contributed by atoms with Crippen molar-refractivity contribution in [3.8, 4) is 12.1 Å². The van der Waals surface area contributed by atoms with E-state index in [-0.39, 0.29) is 30.1 Å². The lowest BCUT2D eigenvalue weighted by molar-refractivity contribution is -0.131. The Morgan fingerprint density at radius 1 is 1.13 bits per heavy atom. The van der Waals surface area contributed by atoms with Crippen molar-refractivity contribution >= 4 is 27.0 Å². The van der Waals surface area contributed by atoms with Gasteiger partial charge in [0.1, 0.15) is 5.82 Å². The predicted octanol–water partition coefficient (Wildman–Crippen LogP) is 2.19. The summed E-state index contributed by atoms with van der Waals surface area (Å²) < 4.78 is 28.8. The van der Waals surface area contributed by atoms with Crippen molar-refractivity contribution in [1.82, 2.24) is 18.8 Å². The summed E-state index contributed by atoms with van der Waals surface area (Å²) in [6, 6.07) is 8.92. The highest BCUT2D eigenvalue weighted by Gasteiger charge is 2.23. The molecule has 0 aliphatic carbocycles. The third-order valence-corrected chi connectivity index (χ3v) is 7.24. The van der Waals surface area contributed by atoms with Crippen molar-refractivity contribution in [2.24, 2.45) is 7.05 Å². The highest BCUT2D eigenvalue weighted by Crippen LogP contribution is 2.23. The molecule has 0 fully saturated rings. The first kappa shape index (κ1) is 24.3. The molecule has 1 aromatic heterocycles. The molecule has 166 valence electrons. The van der Waals surface area contributed by atoms with Gasteiger partial charge in [0, 0.05) is 46.1 Å². The van der Waals surface area contributed by atoms with Crippen LogP contribution in [0.15, 0.2) is 23.1 Å². The van der Waals surface area contributed by atoms with E-state index in [0.29, 0.717) is 43.9 Å². The van der Waals surface area contributed by atoms with E-state index in [9.17, 15) is 13.2 Å². The summed E-state index contributed by atoms with van der Waals surface area (Å²) in [5.41, 5.74) is 1.34. The smallest absolute Gasteiger partial charge is 0.243 e. The van der Waals surface area contributed by atoms with Crippen LogP contribution >= 0.6 is 0 Å². The van der Waals surface area contributed by atoms with E-state index in [1.807, 2.05) is 23.8 Å². The molecule has 0 bridgehead atoms. The van der Waals surface area contributed by atoms with Gasteiger partial charge in [-0.2, -0.15) is 14.8 Å². The summed E-state index contributed by atoms with van der Waals surface area (Å²) in [7, 11) is -1.75. The molecule has 9 nitrogen and oxygen atoms in total. The first-order valence-corrected chi connectivity index (χ1v) is 11.7. The van der Waals surface area contributed by atoms with Gasteiger partial charge >= 0.3 is 0 Å². The van der Waals surface area contributed by atoms with E-state index in [2.05, 4.69) is 4.98 Å². The molecule has 0 aliphatic heterocycles. The Kier molecular flexibility index (Phi) is 8.55. The molecule has 1 amide bonds. The van der Waals surface area contributed by atoms with E-state index < -0.39 is 10.0 Å². The molecule has 2 aromatic rings. The molecule has 0 radical (unpaired) electrons. The summed E-state index contributed by atoms with van der Waals surface area (Å²) in [5.74, 6) is 0.531. The average Bonchev–Trinajstić information content (AvgIpc) is 3.07. The van der Waals surface area contributed by atoms with Gasteiger partial charge in [-0.05, 0) is 18.2 Å². The molecule has 0 atom stereocenters. The number of carbonyl (C=O) groups excluding carboxylic acids is 1. The second-order valence-corrected chi connectivity index (χ2v) is 8.96. The standard InChI is InChI=1S/C21H28N6O3S/c1-4-27(5-2)31(29,30)17-8-9-19-18(16-17)24-20(25(19)3)10-11-21(28)26(14-6-12-22)15-7-13-23/h8-9,16H,4-7,10-11,14-15H2,1-3H3. The van der Waals surface area contributed by atoms with Crippen LogP contribution in [0.2, 0.25) is 0 Å². The van der Waals surface area contributed by atoms with Crippen molar-refractivity contribution in [1.29, 1.82) is 10.5 Å². The summed E-state index contributed by atoms with van der Waals surface area (Å²) in [6.45, 7) is 4.97. The van der Waals surface area contributed by atoms with Gasteiger partial charge in [-0.25, -0.2) is 13.4 Å². The van der Waals surface area contributed by atoms with Gasteiger partial charge in [0.2, 0.25) is 15.9 Å². The molecule has 2 rings (SSSR count). The number of carbonyl (C=O) groups is 1. The van der Waals surface area contributed by atoms with Gasteiger partial charge in [0.25, 0.3) is 0 Å². The Morgan fingerprint density at radius 2 is 1.74 bits per heavy atom. The number of fused-ring (bicyclic) bond motifs is 1. The zero-order chi connectivity index (χ0) is 23.0. The van der Waals surface area contributed by atoms with Crippen LogP contribution in [0.3, 0.4) is 0 Å². The summed E-state index contributed by atoms with van der Waals surface area (Å²) >= 11 is 0. The number of nitrogens with zero attached hydrogens (tertiary/aromatic N) is 6. The number of hydrogen-bond donors (Lipinski definition) is 0. The molecule has 0 N–H and O–H groups in total. The number of rotatable bonds is 11. The van der Waals surface area contributed by atoms with E-state index in [4.69, 9.17) is 10.5 Å². The lowest BCUT2D eigenvalue weighted by atomic mass is 10.2. The minimum absolute atomic E-state index is 0.137. The monoisotopic (exact) mass is 444 g/mol. The Labute approximate surface area is 183 Å². The van der Waals surface area contributed by atoms with Crippen molar-refractivity contribution < 1.29 is 13.2 Å². The van der Waals surface area contributed by atoms with Gasteiger partial charge in [0.05, 0.1) is 40.9 Å². The lowest BCUT2D eigenvalue weighted by Crippen LogP contribution is -2.33. The molecule has 1 aromatic carbocycles. The fourth-order valence-electron chi connectivity index (χ4n) is 3.43. The molecule has 0 saturated heterocycles. The van der Waals surface area contributed by atoms with Crippen LogP contribution in [-0.2, 0) is 28.3 Å². The number of sulfonamides is 1. The topological polar surface area (TPSA) is 123 Å². The third-order valence-electron chi connectivity index (χ3n) is 5.19. The highest BCUT2D eigenvalue weighted by molar-refractivity contribution is 7.89. The fourth-order valence-corrected chi connectivity index (χ4v) is 4.91. The Bertz CT molecular complexity index is 1090. The number of aromatic nitrogens is 2. The van der Waals surface area contributed by atoms with Crippen molar-refractivity contribution in [3.05, 3.63) is 24.0 Å². The van der Waals surface area contributed by atoms with Gasteiger partial charge in [0.15, 0.2) is 0 Å². The maximum atomic E-state index is 12.8. The zero-order valence-electron chi connectivity index (χ0n) is 18.2. The largest absolute Gasteiger partial charge is 0.341 e. The second-order valence-electron chi connectivity index (χ2n) is 7.02. The van der Waals surface area contributed by atoms with Crippen molar-refractivity contribution in [2.45, 2.75) is 44.4 Å². The van der Waals surface area contributed by atoms with Gasteiger partial charge in [-0.1, -0.05) is 13.8 Å². The minimum atomic E-state index is -3.58. The first-order chi connectivity index (χ1) is 14.8. The predicted molar refractivity (Wildman–Crippen MR) is 116 cm³/mol. The second kappa shape index (κ2) is 10.9. The normalized spacial score (nSPS) is 11.4. The molecular formula is C21H28N6O3S. The fraction of sp³-hybridized carbons (Fsp3) is 0.524. The maximum Gasteiger partial charge on any atom is 0.243 e. The Balaban J connectivity index is 2.22. The molecular weight excluding hydrogens is 416 g/mol. The SMILES string of the molecule is CCN(CC)S(=O)(=O)c1ccc2c(c1)nc(CCC(=O)N(CCC#N)CCC#N)n2C. The molecule has 0 aliphatic rings. The average molecular weight is 445 g/mol. The van der Waals surface area contributed by atoms with Crippen molar-refractivity contribution in [2.75, 3.05) is 26.2 Å². The summed E-state index contributed by atoms with van der Waals surface area (Å²) in [4.78, 5) is 18.9. The van der Waals surface area contributed by atoms with E-state index in [1.54, 1.807) is 32.0 Å². The van der Waals surface area contributed by atoms with Crippen LogP contribution in [0.1, 0.15) is 38.9 Å². The number of hydrogen-bond acceptors (Lipinski definition) is 6. The quantitative estimate of drug-likeness (QED) is 0.523. The van der Waals surface area contributed by atoms with Gasteiger partial charge in [-0.15, -0.1) is 0 Å². The van der Waals surface area contributed by atoms with Gasteiger partial charge < -0.3 is 9.47 Å². The van der Waals surface area contributed by atoms with Crippen LogP contribution in [0, 0.1) is 22.7 Å². The summed E-state index contributed by atoms with van der Waals surface area (Å²) in [6.07, 6.45) is 0.997. The number of benzene rings is 1. The molecule has 0 spiro atoms. The van der Waals surface area contributed by atoms with E-state index >= 15 is 0 Å². The molecule has 10 heteroatoms. The molecule has 0 unspecified atom stereocenters. The van der Waals surface area contributed by atoms with E-state index in [0.717, 1.165) is 5.52 Å². The van der Waals surface area contributed by atoms with E-state index in [1.165, 1.54) is 9.21 Å². The molecule has 1 heterocycles. The third kappa shape index (κ3) is 5.60. The molecule has 31 heavy (non-hydrogen) atoms. The van der Waals surface area contributed by atoms with Crippen LogP contribution in [0.4, 0.5) is 0 Å². The number of nitriles is 2. The number of amides is 1. The Morgan fingerprint density at radius 3 is 2.29 bits per heavy atom. The number of imidazole rings is 1.